The molecule has 1 aliphatic rings. The van der Waals surface area contributed by atoms with E-state index in [-0.39, 0.29) is 5.82 Å². The number of hydrogen-bond acceptors (Lipinski definition) is 6. The quantitative estimate of drug-likeness (QED) is 0.341. The van der Waals surface area contributed by atoms with Crippen LogP contribution in [-0.4, -0.2) is 41.0 Å². The summed E-state index contributed by atoms with van der Waals surface area (Å²) in [4.78, 5) is 11.3. The molecule has 5 aromatic rings. The van der Waals surface area contributed by atoms with Crippen LogP contribution >= 0.6 is 11.3 Å². The highest BCUT2D eigenvalue weighted by Crippen LogP contribution is 2.32. The molecule has 1 fully saturated rings. The maximum Gasteiger partial charge on any atom is 0.131 e. The van der Waals surface area contributed by atoms with Gasteiger partial charge in [-0.25, -0.2) is 9.37 Å². The zero-order valence-electron chi connectivity index (χ0n) is 18.6. The van der Waals surface area contributed by atoms with Gasteiger partial charge in [-0.3, -0.25) is 9.88 Å². The summed E-state index contributed by atoms with van der Waals surface area (Å²) in [5.41, 5.74) is 8.01. The van der Waals surface area contributed by atoms with E-state index in [2.05, 4.69) is 37.6 Å². The Balaban J connectivity index is 1.27. The number of aromatic nitrogens is 2. The summed E-state index contributed by atoms with van der Waals surface area (Å²) in [6, 6.07) is 19.7. The van der Waals surface area contributed by atoms with Crippen LogP contribution in [0.15, 0.2) is 72.4 Å². The van der Waals surface area contributed by atoms with Gasteiger partial charge < -0.3 is 10.6 Å². The first-order valence-electron chi connectivity index (χ1n) is 11.4. The van der Waals surface area contributed by atoms with Crippen molar-refractivity contribution in [2.75, 3.05) is 31.5 Å². The highest BCUT2D eigenvalue weighted by molar-refractivity contribution is 7.16. The molecule has 0 radical (unpaired) electrons. The molecule has 3 heterocycles. The molecular weight excluding hydrogens is 445 g/mol. The Morgan fingerprint density at radius 1 is 0.941 bits per heavy atom. The molecule has 5 nitrogen and oxygen atoms in total. The summed E-state index contributed by atoms with van der Waals surface area (Å²) in [6.07, 6.45) is 1.78. The van der Waals surface area contributed by atoms with Gasteiger partial charge in [0.25, 0.3) is 0 Å². The number of fused-ring (bicyclic) bond motifs is 2. The molecule has 6 rings (SSSR count). The van der Waals surface area contributed by atoms with Crippen LogP contribution in [0.2, 0.25) is 0 Å². The molecule has 0 aliphatic carbocycles. The Hall–Kier alpha value is -3.39. The minimum atomic E-state index is -0.196. The van der Waals surface area contributed by atoms with Crippen molar-refractivity contribution in [3.05, 3.63) is 83.8 Å². The highest BCUT2D eigenvalue weighted by Gasteiger charge is 2.13. The molecule has 1 saturated heterocycles. The summed E-state index contributed by atoms with van der Waals surface area (Å²) >= 11 is 1.63. The number of thiazole rings is 1. The molecule has 34 heavy (non-hydrogen) atoms. The minimum Gasteiger partial charge on any atom is -0.355 e. The Bertz CT molecular complexity index is 1470. The van der Waals surface area contributed by atoms with E-state index in [0.717, 1.165) is 76.3 Å². The third-order valence-electron chi connectivity index (χ3n) is 6.31. The molecule has 3 aromatic carbocycles. The van der Waals surface area contributed by atoms with Crippen LogP contribution in [0, 0.1) is 5.82 Å². The first-order chi connectivity index (χ1) is 16.7. The predicted molar refractivity (Wildman–Crippen MR) is 138 cm³/mol. The Kier molecular flexibility index (Phi) is 5.66. The Morgan fingerprint density at radius 2 is 1.85 bits per heavy atom. The van der Waals surface area contributed by atoms with Crippen LogP contribution in [0.1, 0.15) is 5.56 Å². The number of halogens is 1. The Morgan fingerprint density at radius 3 is 2.74 bits per heavy atom. The molecule has 0 unspecified atom stereocenters. The zero-order valence-corrected chi connectivity index (χ0v) is 19.4. The van der Waals surface area contributed by atoms with E-state index in [4.69, 9.17) is 0 Å². The second-order valence-electron chi connectivity index (χ2n) is 8.59. The molecule has 2 aromatic heterocycles. The lowest BCUT2D eigenvalue weighted by molar-refractivity contribution is 0.233. The number of nitrogens with zero attached hydrogens (tertiary/aromatic N) is 3. The molecule has 0 atom stereocenters. The summed E-state index contributed by atoms with van der Waals surface area (Å²) < 4.78 is 16.3. The van der Waals surface area contributed by atoms with E-state index in [9.17, 15) is 0 Å². The fraction of sp³-hybridized carbons (Fsp3) is 0.185. The average Bonchev–Trinajstić information content (AvgIpc) is 3.33. The molecular formula is C27H24FN5S. The van der Waals surface area contributed by atoms with Gasteiger partial charge in [-0.2, -0.15) is 0 Å². The molecule has 0 spiro atoms. The van der Waals surface area contributed by atoms with Crippen molar-refractivity contribution in [2.24, 2.45) is 0 Å². The first-order valence-corrected chi connectivity index (χ1v) is 12.3. The molecule has 0 bridgehead atoms. The topological polar surface area (TPSA) is 53.1 Å². The van der Waals surface area contributed by atoms with Crippen molar-refractivity contribution >= 4 is 43.8 Å². The van der Waals surface area contributed by atoms with Crippen LogP contribution < -0.4 is 10.6 Å². The van der Waals surface area contributed by atoms with Gasteiger partial charge in [0.1, 0.15) is 5.82 Å². The predicted octanol–water partition coefficient (Wildman–Crippen LogP) is 5.80. The van der Waals surface area contributed by atoms with Crippen molar-refractivity contribution in [3.8, 4) is 11.1 Å². The van der Waals surface area contributed by atoms with Crippen molar-refractivity contribution in [2.45, 2.75) is 6.54 Å². The number of nitrogens with one attached hydrogen (secondary N) is 2. The molecule has 7 heteroatoms. The SMILES string of the molecule is Fc1cc(CN2CCNCC2)ccc1-c1ccc2c(Nc3ccc4scnc4c3)ccnc2c1. The fourth-order valence-electron chi connectivity index (χ4n) is 4.53. The molecule has 2 N–H and O–H groups in total. The monoisotopic (exact) mass is 469 g/mol. The number of anilines is 2. The van der Waals surface area contributed by atoms with Crippen molar-refractivity contribution in [1.29, 1.82) is 0 Å². The second kappa shape index (κ2) is 9.10. The number of benzene rings is 3. The van der Waals surface area contributed by atoms with Gasteiger partial charge in [0.15, 0.2) is 0 Å². The maximum atomic E-state index is 15.1. The van der Waals surface area contributed by atoms with Crippen LogP contribution in [-0.2, 0) is 6.54 Å². The maximum absolute atomic E-state index is 15.1. The van der Waals surface area contributed by atoms with E-state index >= 15 is 4.39 Å². The van der Waals surface area contributed by atoms with Gasteiger partial charge in [-0.1, -0.05) is 24.3 Å². The summed E-state index contributed by atoms with van der Waals surface area (Å²) in [5, 5.41) is 7.83. The van der Waals surface area contributed by atoms with Gasteiger partial charge in [-0.05, 0) is 47.5 Å². The van der Waals surface area contributed by atoms with Gasteiger partial charge in [0.05, 0.1) is 21.2 Å². The fourth-order valence-corrected chi connectivity index (χ4v) is 5.19. The normalized spacial score (nSPS) is 14.6. The third kappa shape index (κ3) is 4.25. The zero-order chi connectivity index (χ0) is 22.9. The molecule has 1 aliphatic heterocycles. The lowest BCUT2D eigenvalue weighted by Crippen LogP contribution is -2.42. The smallest absolute Gasteiger partial charge is 0.131 e. The molecule has 170 valence electrons. The van der Waals surface area contributed by atoms with Crippen LogP contribution in [0.3, 0.4) is 0 Å². The van der Waals surface area contributed by atoms with Crippen molar-refractivity contribution < 1.29 is 4.39 Å². The third-order valence-corrected chi connectivity index (χ3v) is 7.12. The minimum absolute atomic E-state index is 0.196. The van der Waals surface area contributed by atoms with E-state index in [1.54, 1.807) is 23.6 Å². The second-order valence-corrected chi connectivity index (χ2v) is 9.48. The van der Waals surface area contributed by atoms with Crippen LogP contribution in [0.5, 0.6) is 0 Å². The van der Waals surface area contributed by atoms with Gasteiger partial charge in [0.2, 0.25) is 0 Å². The highest BCUT2D eigenvalue weighted by atomic mass is 32.1. The number of pyridine rings is 1. The average molecular weight is 470 g/mol. The Labute approximate surface area is 201 Å². The number of rotatable bonds is 5. The lowest BCUT2D eigenvalue weighted by Gasteiger charge is -2.27. The van der Waals surface area contributed by atoms with E-state index in [1.807, 2.05) is 48.0 Å². The van der Waals surface area contributed by atoms with Gasteiger partial charge in [-0.15, -0.1) is 11.3 Å². The van der Waals surface area contributed by atoms with Crippen LogP contribution in [0.4, 0.5) is 15.8 Å². The summed E-state index contributed by atoms with van der Waals surface area (Å²) in [6.45, 7) is 4.74. The van der Waals surface area contributed by atoms with Crippen molar-refractivity contribution in [1.82, 2.24) is 20.2 Å². The summed E-state index contributed by atoms with van der Waals surface area (Å²) in [5.74, 6) is -0.196. The van der Waals surface area contributed by atoms with E-state index in [1.165, 1.54) is 0 Å². The molecule has 0 saturated carbocycles. The lowest BCUT2D eigenvalue weighted by atomic mass is 10.0. The standard InChI is InChI=1S/C27H24FN5S/c28-23-13-18(16-33-11-9-29-10-12-33)1-4-21(23)19-2-5-22-24(7-8-30-25(22)14-19)32-20-3-6-27-26(15-20)31-17-34-27/h1-8,13-15,17,29H,9-12,16H2,(H,30,32). The van der Waals surface area contributed by atoms with Gasteiger partial charge in [0, 0.05) is 61.2 Å². The first kappa shape index (κ1) is 21.2. The summed E-state index contributed by atoms with van der Waals surface area (Å²) in [7, 11) is 0. The number of piperazine rings is 1. The largest absolute Gasteiger partial charge is 0.355 e. The van der Waals surface area contributed by atoms with E-state index < -0.39 is 0 Å². The van der Waals surface area contributed by atoms with Crippen LogP contribution in [0.25, 0.3) is 32.2 Å². The molecule has 0 amide bonds. The van der Waals surface area contributed by atoms with E-state index in [0.29, 0.717) is 5.56 Å². The van der Waals surface area contributed by atoms with Gasteiger partial charge >= 0.3 is 0 Å². The van der Waals surface area contributed by atoms with Crippen molar-refractivity contribution in [3.63, 3.8) is 0 Å². The number of hydrogen-bond donors (Lipinski definition) is 2.